The fraction of sp³-hybridized carbons (Fsp3) is 0.200. The molecular formula is C10H9BrS2. The van der Waals surface area contributed by atoms with Gasteiger partial charge in [-0.2, -0.15) is 0 Å². The van der Waals surface area contributed by atoms with Gasteiger partial charge in [0.25, 0.3) is 0 Å². The Bertz CT molecular complexity index is 333. The lowest BCUT2D eigenvalue weighted by atomic mass is 10.1. The van der Waals surface area contributed by atoms with Crippen molar-refractivity contribution in [2.75, 3.05) is 5.75 Å². The molecule has 1 aliphatic heterocycles. The summed E-state index contributed by atoms with van der Waals surface area (Å²) in [5, 5.41) is 0.936. The highest BCUT2D eigenvalue weighted by molar-refractivity contribution is 9.08. The molecule has 1 heterocycles. The van der Waals surface area contributed by atoms with Crippen LogP contribution in [0.2, 0.25) is 0 Å². The summed E-state index contributed by atoms with van der Waals surface area (Å²) in [5.74, 6) is 1.14. The van der Waals surface area contributed by atoms with Gasteiger partial charge in [-0.1, -0.05) is 67.9 Å². The SMILES string of the molecule is BrCc1ccccc1C1=CCSS1. The van der Waals surface area contributed by atoms with Crippen molar-refractivity contribution in [2.45, 2.75) is 5.33 Å². The molecule has 3 heteroatoms. The normalized spacial score (nSPS) is 15.9. The molecule has 68 valence electrons. The van der Waals surface area contributed by atoms with E-state index in [9.17, 15) is 0 Å². The Morgan fingerprint density at radius 3 is 2.85 bits per heavy atom. The molecule has 13 heavy (non-hydrogen) atoms. The molecule has 0 amide bonds. The first-order valence-corrected chi connectivity index (χ1v) is 7.49. The molecule has 0 atom stereocenters. The van der Waals surface area contributed by atoms with E-state index in [1.165, 1.54) is 16.0 Å². The van der Waals surface area contributed by atoms with Crippen LogP contribution >= 0.6 is 37.5 Å². The zero-order valence-electron chi connectivity index (χ0n) is 7.00. The molecule has 1 aliphatic rings. The number of benzene rings is 1. The summed E-state index contributed by atoms with van der Waals surface area (Å²) in [5.41, 5.74) is 2.76. The number of rotatable bonds is 2. The van der Waals surface area contributed by atoms with Gasteiger partial charge in [-0.3, -0.25) is 0 Å². The summed E-state index contributed by atoms with van der Waals surface area (Å²) < 4.78 is 0. The second-order valence-electron chi connectivity index (χ2n) is 2.73. The predicted octanol–water partition coefficient (Wildman–Crippen LogP) is 4.32. The van der Waals surface area contributed by atoms with Gasteiger partial charge in [0.05, 0.1) is 0 Å². The van der Waals surface area contributed by atoms with Gasteiger partial charge in [0.1, 0.15) is 0 Å². The van der Waals surface area contributed by atoms with Crippen LogP contribution in [-0.2, 0) is 5.33 Å². The highest BCUT2D eigenvalue weighted by Gasteiger charge is 2.11. The molecular weight excluding hydrogens is 264 g/mol. The first kappa shape index (κ1) is 9.69. The van der Waals surface area contributed by atoms with Crippen molar-refractivity contribution in [3.8, 4) is 0 Å². The lowest BCUT2D eigenvalue weighted by molar-refractivity contribution is 1.41. The van der Waals surface area contributed by atoms with Crippen LogP contribution in [0.25, 0.3) is 4.91 Å². The smallest absolute Gasteiger partial charge is 0.0289 e. The summed E-state index contributed by atoms with van der Waals surface area (Å²) in [6.45, 7) is 0. The molecule has 0 unspecified atom stereocenters. The monoisotopic (exact) mass is 272 g/mol. The first-order valence-electron chi connectivity index (χ1n) is 4.05. The van der Waals surface area contributed by atoms with E-state index < -0.39 is 0 Å². The number of hydrogen-bond donors (Lipinski definition) is 0. The van der Waals surface area contributed by atoms with Crippen molar-refractivity contribution in [1.29, 1.82) is 0 Å². The van der Waals surface area contributed by atoms with E-state index in [4.69, 9.17) is 0 Å². The molecule has 0 N–H and O–H groups in total. The van der Waals surface area contributed by atoms with Crippen LogP contribution in [0.3, 0.4) is 0 Å². The maximum absolute atomic E-state index is 3.51. The Morgan fingerprint density at radius 1 is 1.31 bits per heavy atom. The average molecular weight is 273 g/mol. The van der Waals surface area contributed by atoms with Crippen LogP contribution in [-0.4, -0.2) is 5.75 Å². The summed E-state index contributed by atoms with van der Waals surface area (Å²) in [6.07, 6.45) is 2.30. The molecule has 1 aromatic rings. The number of alkyl halides is 1. The standard InChI is InChI=1S/C10H9BrS2/c11-7-8-3-1-2-4-9(8)10-5-6-12-13-10/h1-5H,6-7H2. The van der Waals surface area contributed by atoms with Crippen molar-refractivity contribution in [2.24, 2.45) is 0 Å². The maximum atomic E-state index is 3.51. The Labute approximate surface area is 94.7 Å². The summed E-state index contributed by atoms with van der Waals surface area (Å²) >= 11 is 3.51. The molecule has 0 saturated carbocycles. The zero-order valence-corrected chi connectivity index (χ0v) is 10.2. The van der Waals surface area contributed by atoms with Gasteiger partial charge in [0.15, 0.2) is 0 Å². The van der Waals surface area contributed by atoms with Crippen molar-refractivity contribution in [3.05, 3.63) is 41.5 Å². The van der Waals surface area contributed by atoms with E-state index in [1.807, 2.05) is 21.6 Å². The van der Waals surface area contributed by atoms with Crippen molar-refractivity contribution in [3.63, 3.8) is 0 Å². The Hall–Kier alpha value is 0.140. The zero-order chi connectivity index (χ0) is 9.10. The van der Waals surface area contributed by atoms with Crippen LogP contribution in [0.1, 0.15) is 11.1 Å². The van der Waals surface area contributed by atoms with Gasteiger partial charge in [-0.25, -0.2) is 0 Å². The van der Waals surface area contributed by atoms with Crippen molar-refractivity contribution in [1.82, 2.24) is 0 Å². The molecule has 0 radical (unpaired) electrons. The second-order valence-corrected chi connectivity index (χ2v) is 5.67. The minimum absolute atomic E-state index is 0.936. The van der Waals surface area contributed by atoms with Gasteiger partial charge in [-0.15, -0.1) is 0 Å². The Balaban J connectivity index is 2.38. The third kappa shape index (κ3) is 2.14. The summed E-state index contributed by atoms with van der Waals surface area (Å²) in [6, 6.07) is 8.56. The van der Waals surface area contributed by atoms with E-state index in [1.54, 1.807) is 0 Å². The molecule has 2 rings (SSSR count). The van der Waals surface area contributed by atoms with E-state index >= 15 is 0 Å². The summed E-state index contributed by atoms with van der Waals surface area (Å²) in [7, 11) is 3.79. The van der Waals surface area contributed by atoms with Crippen LogP contribution in [0.5, 0.6) is 0 Å². The van der Waals surface area contributed by atoms with Gasteiger partial charge < -0.3 is 0 Å². The number of halogens is 1. The Kier molecular flexibility index (Phi) is 3.41. The molecule has 1 aromatic carbocycles. The molecule has 0 nitrogen and oxygen atoms in total. The summed E-state index contributed by atoms with van der Waals surface area (Å²) in [4.78, 5) is 1.42. The fourth-order valence-electron chi connectivity index (χ4n) is 1.27. The minimum atomic E-state index is 0.936. The van der Waals surface area contributed by atoms with Gasteiger partial charge in [0, 0.05) is 16.0 Å². The van der Waals surface area contributed by atoms with Gasteiger partial charge >= 0.3 is 0 Å². The lowest BCUT2D eigenvalue weighted by Gasteiger charge is -2.05. The quantitative estimate of drug-likeness (QED) is 0.581. The van der Waals surface area contributed by atoms with Crippen molar-refractivity contribution >= 4 is 42.4 Å². The molecule has 0 bridgehead atoms. The largest absolute Gasteiger partial charge is 0.0876 e. The minimum Gasteiger partial charge on any atom is -0.0876 e. The second kappa shape index (κ2) is 4.58. The average Bonchev–Trinajstić information content (AvgIpc) is 2.70. The predicted molar refractivity (Wildman–Crippen MR) is 67.1 cm³/mol. The lowest BCUT2D eigenvalue weighted by Crippen LogP contribution is -1.85. The van der Waals surface area contributed by atoms with Crippen LogP contribution in [0.4, 0.5) is 0 Å². The highest BCUT2D eigenvalue weighted by Crippen LogP contribution is 2.43. The topological polar surface area (TPSA) is 0 Å². The third-order valence-electron chi connectivity index (χ3n) is 1.91. The van der Waals surface area contributed by atoms with Crippen molar-refractivity contribution < 1.29 is 0 Å². The highest BCUT2D eigenvalue weighted by atomic mass is 79.9. The third-order valence-corrected chi connectivity index (χ3v) is 4.80. The number of hydrogen-bond acceptors (Lipinski definition) is 2. The maximum Gasteiger partial charge on any atom is 0.0289 e. The first-order chi connectivity index (χ1) is 6.42. The van der Waals surface area contributed by atoms with Gasteiger partial charge in [-0.05, 0) is 11.1 Å². The van der Waals surface area contributed by atoms with E-state index in [2.05, 4.69) is 46.3 Å². The van der Waals surface area contributed by atoms with Crippen LogP contribution < -0.4 is 0 Å². The molecule has 0 aromatic heterocycles. The molecule has 0 fully saturated rings. The van der Waals surface area contributed by atoms with Gasteiger partial charge in [0.2, 0.25) is 0 Å². The molecule has 0 saturated heterocycles. The molecule has 0 aliphatic carbocycles. The van der Waals surface area contributed by atoms with E-state index in [-0.39, 0.29) is 0 Å². The molecule has 0 spiro atoms. The fourth-order valence-corrected chi connectivity index (χ4v) is 4.00. The van der Waals surface area contributed by atoms with Crippen LogP contribution in [0.15, 0.2) is 30.3 Å². The van der Waals surface area contributed by atoms with Crippen LogP contribution in [0, 0.1) is 0 Å². The van der Waals surface area contributed by atoms with E-state index in [0.717, 1.165) is 11.1 Å². The van der Waals surface area contributed by atoms with E-state index in [0.29, 0.717) is 0 Å². The Morgan fingerprint density at radius 2 is 2.15 bits per heavy atom.